The van der Waals surface area contributed by atoms with Crippen LogP contribution in [0.1, 0.15) is 39.0 Å². The highest BCUT2D eigenvalue weighted by atomic mass is 14.6. The molecule has 0 aromatic carbocycles. The van der Waals surface area contributed by atoms with E-state index in [-0.39, 0.29) is 6.04 Å². The number of nitrogens with two attached hydrogens (primary N) is 2. The van der Waals surface area contributed by atoms with Crippen molar-refractivity contribution in [2.45, 2.75) is 45.1 Å². The lowest BCUT2D eigenvalue weighted by atomic mass is 10.1. The van der Waals surface area contributed by atoms with E-state index in [0.29, 0.717) is 6.54 Å². The first-order valence-electron chi connectivity index (χ1n) is 5.22. The summed E-state index contributed by atoms with van der Waals surface area (Å²) in [6.45, 7) is 2.77. The van der Waals surface area contributed by atoms with Gasteiger partial charge in [0.05, 0.1) is 0 Å². The maximum atomic E-state index is 5.83. The molecule has 0 radical (unpaired) electrons. The molecular formula is C12H20N2. The van der Waals surface area contributed by atoms with Crippen LogP contribution in [0.3, 0.4) is 0 Å². The van der Waals surface area contributed by atoms with Gasteiger partial charge in [-0.1, -0.05) is 31.6 Å². The molecular weight excluding hydrogens is 172 g/mol. The van der Waals surface area contributed by atoms with E-state index in [9.17, 15) is 0 Å². The predicted molar refractivity (Wildman–Crippen MR) is 61.3 cm³/mol. The van der Waals surface area contributed by atoms with Gasteiger partial charge in [0.2, 0.25) is 0 Å². The summed E-state index contributed by atoms with van der Waals surface area (Å²) in [5.41, 5.74) is 11.1. The first kappa shape index (κ1) is 13.0. The second kappa shape index (κ2) is 10.1. The van der Waals surface area contributed by atoms with Crippen molar-refractivity contribution in [3.63, 3.8) is 0 Å². The third-order valence-corrected chi connectivity index (χ3v) is 1.80. The summed E-state index contributed by atoms with van der Waals surface area (Å²) >= 11 is 0. The monoisotopic (exact) mass is 192 g/mol. The zero-order valence-electron chi connectivity index (χ0n) is 8.97. The molecule has 78 valence electrons. The van der Waals surface area contributed by atoms with Crippen LogP contribution in [0.4, 0.5) is 0 Å². The van der Waals surface area contributed by atoms with E-state index >= 15 is 0 Å². The smallest absolute Gasteiger partial charge is 0.0251 e. The molecule has 4 N–H and O–H groups in total. The van der Waals surface area contributed by atoms with Crippen LogP contribution in [0.5, 0.6) is 0 Å². The lowest BCUT2D eigenvalue weighted by molar-refractivity contribution is 0.588. The molecule has 2 heteroatoms. The molecule has 0 fully saturated rings. The molecule has 0 aliphatic rings. The van der Waals surface area contributed by atoms with Gasteiger partial charge in [0.1, 0.15) is 0 Å². The van der Waals surface area contributed by atoms with Gasteiger partial charge < -0.3 is 11.5 Å². The van der Waals surface area contributed by atoms with Gasteiger partial charge in [-0.3, -0.25) is 0 Å². The summed E-state index contributed by atoms with van der Waals surface area (Å²) in [6.07, 6.45) is 4.90. The average Bonchev–Trinajstić information content (AvgIpc) is 2.20. The van der Waals surface area contributed by atoms with Gasteiger partial charge in [0.15, 0.2) is 0 Å². The fourth-order valence-corrected chi connectivity index (χ4v) is 0.974. The molecule has 0 heterocycles. The summed E-state index contributed by atoms with van der Waals surface area (Å²) < 4.78 is 0. The van der Waals surface area contributed by atoms with Crippen molar-refractivity contribution in [1.82, 2.24) is 0 Å². The van der Waals surface area contributed by atoms with E-state index in [1.54, 1.807) is 0 Å². The van der Waals surface area contributed by atoms with Crippen molar-refractivity contribution in [3.05, 3.63) is 0 Å². The summed E-state index contributed by atoms with van der Waals surface area (Å²) in [6, 6.07) is 0.207. The van der Waals surface area contributed by atoms with Crippen LogP contribution in [0.15, 0.2) is 0 Å². The minimum absolute atomic E-state index is 0.207. The molecule has 2 nitrogen and oxygen atoms in total. The Labute approximate surface area is 87.4 Å². The van der Waals surface area contributed by atoms with E-state index < -0.39 is 0 Å². The quantitative estimate of drug-likeness (QED) is 0.644. The molecule has 0 aromatic rings. The minimum Gasteiger partial charge on any atom is -0.330 e. The van der Waals surface area contributed by atoms with Crippen LogP contribution in [-0.2, 0) is 0 Å². The Morgan fingerprint density at radius 2 is 1.93 bits per heavy atom. The maximum Gasteiger partial charge on any atom is 0.0251 e. The molecule has 0 bridgehead atoms. The van der Waals surface area contributed by atoms with Crippen LogP contribution in [0, 0.1) is 23.7 Å². The van der Waals surface area contributed by atoms with Gasteiger partial charge >= 0.3 is 0 Å². The normalized spacial score (nSPS) is 10.8. The maximum absolute atomic E-state index is 5.83. The molecule has 0 saturated heterocycles. The Bertz CT molecular complexity index is 237. The molecule has 0 saturated carbocycles. The summed E-state index contributed by atoms with van der Waals surface area (Å²) in [5, 5.41) is 0. The number of rotatable bonds is 5. The minimum atomic E-state index is 0.207. The highest BCUT2D eigenvalue weighted by molar-refractivity contribution is 5.26. The van der Waals surface area contributed by atoms with Crippen LogP contribution in [0.25, 0.3) is 0 Å². The highest BCUT2D eigenvalue weighted by Crippen LogP contribution is 2.00. The molecule has 14 heavy (non-hydrogen) atoms. The number of hydrogen-bond donors (Lipinski definition) is 2. The standard InChI is InChI=1S/C12H20N2/c1-2-3-9-12(14)10-7-5-4-6-8-11-13/h12H,2-3,8-11,13-14H2,1H3. The van der Waals surface area contributed by atoms with Crippen LogP contribution in [-0.4, -0.2) is 12.6 Å². The van der Waals surface area contributed by atoms with Crippen molar-refractivity contribution in [2.24, 2.45) is 11.5 Å². The molecule has 0 rings (SSSR count). The SMILES string of the molecule is CCCCC(N)CC#CC#CCCN. The molecule has 0 aliphatic heterocycles. The van der Waals surface area contributed by atoms with Gasteiger partial charge in [-0.15, -0.1) is 0 Å². The summed E-state index contributed by atoms with van der Waals surface area (Å²) in [5.74, 6) is 11.4. The summed E-state index contributed by atoms with van der Waals surface area (Å²) in [4.78, 5) is 0. The second-order valence-electron chi connectivity index (χ2n) is 3.25. The largest absolute Gasteiger partial charge is 0.330 e. The number of unbranched alkanes of at least 4 members (excludes halogenated alkanes) is 1. The van der Waals surface area contributed by atoms with Gasteiger partial charge in [-0.2, -0.15) is 0 Å². The van der Waals surface area contributed by atoms with E-state index in [0.717, 1.165) is 19.3 Å². The molecule has 0 aromatic heterocycles. The zero-order chi connectivity index (χ0) is 10.6. The predicted octanol–water partition coefficient (Wildman–Crippen LogP) is 1.25. The molecule has 0 aliphatic carbocycles. The van der Waals surface area contributed by atoms with Gasteiger partial charge in [-0.25, -0.2) is 0 Å². The van der Waals surface area contributed by atoms with Crippen molar-refractivity contribution in [2.75, 3.05) is 6.54 Å². The number of hydrogen-bond acceptors (Lipinski definition) is 2. The molecule has 0 amide bonds. The topological polar surface area (TPSA) is 52.0 Å². The Kier molecular flexibility index (Phi) is 9.43. The third kappa shape index (κ3) is 9.13. The van der Waals surface area contributed by atoms with E-state index in [2.05, 4.69) is 30.6 Å². The zero-order valence-corrected chi connectivity index (χ0v) is 8.97. The molecule has 1 atom stereocenters. The molecule has 1 unspecified atom stereocenters. The Morgan fingerprint density at radius 3 is 2.57 bits per heavy atom. The fourth-order valence-electron chi connectivity index (χ4n) is 0.974. The van der Waals surface area contributed by atoms with Crippen molar-refractivity contribution in [3.8, 4) is 23.7 Å². The Hall–Kier alpha value is -0.960. The van der Waals surface area contributed by atoms with Gasteiger partial charge in [0.25, 0.3) is 0 Å². The van der Waals surface area contributed by atoms with Crippen LogP contribution >= 0.6 is 0 Å². The van der Waals surface area contributed by atoms with Gasteiger partial charge in [-0.05, 0) is 18.3 Å². The highest BCUT2D eigenvalue weighted by Gasteiger charge is 1.97. The average molecular weight is 192 g/mol. The van der Waals surface area contributed by atoms with Crippen molar-refractivity contribution >= 4 is 0 Å². The third-order valence-electron chi connectivity index (χ3n) is 1.80. The van der Waals surface area contributed by atoms with E-state index in [1.165, 1.54) is 12.8 Å². The van der Waals surface area contributed by atoms with Crippen molar-refractivity contribution in [1.29, 1.82) is 0 Å². The van der Waals surface area contributed by atoms with E-state index in [1.807, 2.05) is 0 Å². The van der Waals surface area contributed by atoms with E-state index in [4.69, 9.17) is 11.5 Å². The van der Waals surface area contributed by atoms with Gasteiger partial charge in [0, 0.05) is 25.4 Å². The first-order chi connectivity index (χ1) is 6.81. The van der Waals surface area contributed by atoms with Crippen molar-refractivity contribution < 1.29 is 0 Å². The Balaban J connectivity index is 3.55. The Morgan fingerprint density at radius 1 is 1.21 bits per heavy atom. The fraction of sp³-hybridized carbons (Fsp3) is 0.667. The lowest BCUT2D eigenvalue weighted by Gasteiger charge is -2.04. The first-order valence-corrected chi connectivity index (χ1v) is 5.22. The lowest BCUT2D eigenvalue weighted by Crippen LogP contribution is -2.18. The molecule has 0 spiro atoms. The summed E-state index contributed by atoms with van der Waals surface area (Å²) in [7, 11) is 0. The second-order valence-corrected chi connectivity index (χ2v) is 3.25. The van der Waals surface area contributed by atoms with Crippen LogP contribution < -0.4 is 11.5 Å². The van der Waals surface area contributed by atoms with Crippen LogP contribution in [0.2, 0.25) is 0 Å².